The zero-order valence-electron chi connectivity index (χ0n) is 16.5. The predicted octanol–water partition coefficient (Wildman–Crippen LogP) is 3.64. The van der Waals surface area contributed by atoms with E-state index in [1.807, 2.05) is 37.3 Å². The second-order valence-electron chi connectivity index (χ2n) is 6.60. The molecule has 0 fully saturated rings. The van der Waals surface area contributed by atoms with Crippen LogP contribution in [0.2, 0.25) is 0 Å². The summed E-state index contributed by atoms with van der Waals surface area (Å²) in [5.74, 6) is -0.999. The molecule has 3 rings (SSSR count). The Morgan fingerprint density at radius 2 is 1.93 bits per heavy atom. The first kappa shape index (κ1) is 20.7. The SMILES string of the molecule is CCCOC(=O)C(C)n1cnc2sc(C(=O)OCc3ccccc3)c(C)c2c1=O. The lowest BCUT2D eigenvalue weighted by atomic mass is 10.2. The maximum absolute atomic E-state index is 13.0. The number of hydrogen-bond acceptors (Lipinski definition) is 7. The molecule has 8 heteroatoms. The molecule has 0 aliphatic carbocycles. The molecule has 2 aromatic heterocycles. The average molecular weight is 414 g/mol. The molecule has 0 saturated heterocycles. The number of carbonyl (C=O) groups is 2. The van der Waals surface area contributed by atoms with Gasteiger partial charge in [0.1, 0.15) is 22.4 Å². The van der Waals surface area contributed by atoms with Crippen molar-refractivity contribution in [3.8, 4) is 0 Å². The van der Waals surface area contributed by atoms with Crippen molar-refractivity contribution in [2.45, 2.75) is 39.8 Å². The Labute approximate surface area is 171 Å². The summed E-state index contributed by atoms with van der Waals surface area (Å²) < 4.78 is 11.7. The van der Waals surface area contributed by atoms with Gasteiger partial charge in [-0.2, -0.15) is 0 Å². The van der Waals surface area contributed by atoms with E-state index in [0.717, 1.165) is 16.9 Å². The lowest BCUT2D eigenvalue weighted by molar-refractivity contribution is -0.147. The van der Waals surface area contributed by atoms with E-state index in [2.05, 4.69) is 4.98 Å². The highest BCUT2D eigenvalue weighted by molar-refractivity contribution is 7.20. The fraction of sp³-hybridized carbons (Fsp3) is 0.333. The van der Waals surface area contributed by atoms with Crippen LogP contribution in [0, 0.1) is 6.92 Å². The molecule has 0 aliphatic heterocycles. The first-order chi connectivity index (χ1) is 13.9. The molecule has 2 heterocycles. The Balaban J connectivity index is 1.87. The second kappa shape index (κ2) is 9.00. The van der Waals surface area contributed by atoms with Crippen LogP contribution in [-0.4, -0.2) is 28.1 Å². The quantitative estimate of drug-likeness (QED) is 0.549. The highest BCUT2D eigenvalue weighted by atomic mass is 32.1. The molecule has 3 aromatic rings. The van der Waals surface area contributed by atoms with E-state index in [9.17, 15) is 14.4 Å². The fourth-order valence-electron chi connectivity index (χ4n) is 2.83. The molecule has 0 aliphatic rings. The summed E-state index contributed by atoms with van der Waals surface area (Å²) in [6, 6.07) is 8.55. The van der Waals surface area contributed by atoms with E-state index in [4.69, 9.17) is 9.47 Å². The molecule has 0 bridgehead atoms. The molecular weight excluding hydrogens is 392 g/mol. The first-order valence-corrected chi connectivity index (χ1v) is 10.1. The summed E-state index contributed by atoms with van der Waals surface area (Å²) in [6.45, 7) is 5.60. The smallest absolute Gasteiger partial charge is 0.349 e. The van der Waals surface area contributed by atoms with Gasteiger partial charge < -0.3 is 9.47 Å². The van der Waals surface area contributed by atoms with Crippen LogP contribution in [-0.2, 0) is 20.9 Å². The van der Waals surface area contributed by atoms with Gasteiger partial charge in [-0.25, -0.2) is 14.6 Å². The van der Waals surface area contributed by atoms with Gasteiger partial charge in [-0.1, -0.05) is 37.3 Å². The largest absolute Gasteiger partial charge is 0.464 e. The molecule has 1 aromatic carbocycles. The summed E-state index contributed by atoms with van der Waals surface area (Å²) in [6.07, 6.45) is 2.01. The van der Waals surface area contributed by atoms with Crippen LogP contribution in [0.5, 0.6) is 0 Å². The molecular formula is C21H22N2O5S. The summed E-state index contributed by atoms with van der Waals surface area (Å²) in [4.78, 5) is 42.7. The number of rotatable bonds is 7. The van der Waals surface area contributed by atoms with Gasteiger partial charge >= 0.3 is 11.9 Å². The monoisotopic (exact) mass is 414 g/mol. The molecule has 0 saturated carbocycles. The molecule has 0 amide bonds. The maximum atomic E-state index is 13.0. The van der Waals surface area contributed by atoms with E-state index in [-0.39, 0.29) is 12.2 Å². The molecule has 1 unspecified atom stereocenters. The van der Waals surface area contributed by atoms with E-state index < -0.39 is 18.0 Å². The Bertz CT molecular complexity index is 1090. The van der Waals surface area contributed by atoms with Gasteiger partial charge in [0.25, 0.3) is 5.56 Å². The zero-order valence-corrected chi connectivity index (χ0v) is 17.3. The van der Waals surface area contributed by atoms with Crippen molar-refractivity contribution < 1.29 is 19.1 Å². The summed E-state index contributed by atoms with van der Waals surface area (Å²) in [7, 11) is 0. The topological polar surface area (TPSA) is 87.5 Å². The molecule has 0 spiro atoms. The number of hydrogen-bond donors (Lipinski definition) is 0. The van der Waals surface area contributed by atoms with Crippen molar-refractivity contribution >= 4 is 33.5 Å². The summed E-state index contributed by atoms with van der Waals surface area (Å²) in [5.41, 5.74) is 0.996. The number of thiophene rings is 1. The van der Waals surface area contributed by atoms with E-state index in [1.165, 1.54) is 10.9 Å². The van der Waals surface area contributed by atoms with Crippen LogP contribution in [0.4, 0.5) is 0 Å². The highest BCUT2D eigenvalue weighted by Crippen LogP contribution is 2.28. The van der Waals surface area contributed by atoms with Gasteiger partial charge in [0, 0.05) is 0 Å². The zero-order chi connectivity index (χ0) is 21.0. The first-order valence-electron chi connectivity index (χ1n) is 9.32. The Kier molecular flexibility index (Phi) is 6.43. The number of esters is 2. The molecule has 0 radical (unpaired) electrons. The van der Waals surface area contributed by atoms with Gasteiger partial charge in [-0.3, -0.25) is 9.36 Å². The van der Waals surface area contributed by atoms with Crippen LogP contribution in [0.25, 0.3) is 10.2 Å². The molecule has 0 N–H and O–H groups in total. The van der Waals surface area contributed by atoms with Gasteiger partial charge in [-0.15, -0.1) is 11.3 Å². The Hall–Kier alpha value is -3.00. The number of aromatic nitrogens is 2. The van der Waals surface area contributed by atoms with Gasteiger partial charge in [0.2, 0.25) is 0 Å². The minimum atomic E-state index is -0.807. The number of aryl methyl sites for hydroxylation is 1. The van der Waals surface area contributed by atoms with Crippen molar-refractivity contribution in [1.29, 1.82) is 0 Å². The van der Waals surface area contributed by atoms with Gasteiger partial charge in [0.05, 0.1) is 18.3 Å². The standard InChI is InChI=1S/C21H22N2O5S/c1-4-10-27-20(25)14(3)23-12-22-18-16(19(23)24)13(2)17(29-18)21(26)28-11-15-8-6-5-7-9-15/h5-9,12,14H,4,10-11H2,1-3H3. The number of fused-ring (bicyclic) bond motifs is 1. The summed E-state index contributed by atoms with van der Waals surface area (Å²) in [5, 5.41) is 0.319. The van der Waals surface area contributed by atoms with Crippen LogP contribution >= 0.6 is 11.3 Å². The Morgan fingerprint density at radius 1 is 1.21 bits per heavy atom. The number of carbonyl (C=O) groups excluding carboxylic acids is 2. The number of ether oxygens (including phenoxy) is 2. The van der Waals surface area contributed by atoms with Crippen molar-refractivity contribution in [1.82, 2.24) is 9.55 Å². The Morgan fingerprint density at radius 3 is 2.62 bits per heavy atom. The third-order valence-electron chi connectivity index (χ3n) is 4.48. The molecule has 29 heavy (non-hydrogen) atoms. The minimum absolute atomic E-state index is 0.144. The second-order valence-corrected chi connectivity index (χ2v) is 7.60. The average Bonchev–Trinajstić information content (AvgIpc) is 3.08. The van der Waals surface area contributed by atoms with Crippen molar-refractivity contribution in [2.24, 2.45) is 0 Å². The highest BCUT2D eigenvalue weighted by Gasteiger charge is 2.24. The van der Waals surface area contributed by atoms with E-state index in [1.54, 1.807) is 13.8 Å². The van der Waals surface area contributed by atoms with Crippen LogP contribution in [0.3, 0.4) is 0 Å². The third-order valence-corrected chi connectivity index (χ3v) is 5.66. The van der Waals surface area contributed by atoms with Crippen LogP contribution in [0.1, 0.15) is 47.1 Å². The molecule has 7 nitrogen and oxygen atoms in total. The lowest BCUT2D eigenvalue weighted by Gasteiger charge is -2.13. The van der Waals surface area contributed by atoms with Crippen molar-refractivity contribution in [2.75, 3.05) is 6.61 Å². The predicted molar refractivity (Wildman–Crippen MR) is 110 cm³/mol. The summed E-state index contributed by atoms with van der Waals surface area (Å²) >= 11 is 1.11. The minimum Gasteiger partial charge on any atom is -0.464 e. The van der Waals surface area contributed by atoms with Gasteiger partial charge in [0.15, 0.2) is 0 Å². The van der Waals surface area contributed by atoms with E-state index >= 15 is 0 Å². The molecule has 152 valence electrons. The molecule has 1 atom stereocenters. The van der Waals surface area contributed by atoms with Crippen LogP contribution in [0.15, 0.2) is 41.5 Å². The van der Waals surface area contributed by atoms with Crippen LogP contribution < -0.4 is 5.56 Å². The number of benzene rings is 1. The third kappa shape index (κ3) is 4.37. The van der Waals surface area contributed by atoms with Crippen molar-refractivity contribution in [3.05, 3.63) is 63.0 Å². The maximum Gasteiger partial charge on any atom is 0.349 e. The van der Waals surface area contributed by atoms with Gasteiger partial charge in [-0.05, 0) is 31.4 Å². The van der Waals surface area contributed by atoms with E-state index in [0.29, 0.717) is 33.7 Å². The number of nitrogens with zero attached hydrogens (tertiary/aromatic N) is 2. The van der Waals surface area contributed by atoms with Crippen molar-refractivity contribution in [3.63, 3.8) is 0 Å². The fourth-order valence-corrected chi connectivity index (χ4v) is 3.87. The lowest BCUT2D eigenvalue weighted by Crippen LogP contribution is -2.29. The normalized spacial score (nSPS) is 12.0.